The first-order valence-corrected chi connectivity index (χ1v) is 5.99. The van der Waals surface area contributed by atoms with Gasteiger partial charge in [-0.25, -0.2) is 0 Å². The molecule has 1 aromatic heterocycles. The fraction of sp³-hybridized carbons (Fsp3) is 0.583. The minimum atomic E-state index is -0.342. The Hall–Kier alpha value is -1.36. The summed E-state index contributed by atoms with van der Waals surface area (Å²) in [6.07, 6.45) is 3.94. The third-order valence-corrected chi connectivity index (χ3v) is 2.73. The molecule has 0 spiro atoms. The molecule has 1 N–H and O–H groups in total. The lowest BCUT2D eigenvalue weighted by Crippen LogP contribution is -2.43. The highest BCUT2D eigenvalue weighted by molar-refractivity contribution is 5.48. The molecule has 0 unspecified atom stereocenters. The topological polar surface area (TPSA) is 37.4 Å². The summed E-state index contributed by atoms with van der Waals surface area (Å²) in [5.74, 6) is 0.717. The van der Waals surface area contributed by atoms with Crippen LogP contribution >= 0.6 is 0 Å². The van der Waals surface area contributed by atoms with Gasteiger partial charge in [-0.2, -0.15) is 0 Å². The van der Waals surface area contributed by atoms with E-state index >= 15 is 0 Å². The van der Waals surface area contributed by atoms with Gasteiger partial charge in [-0.05, 0) is 0 Å². The van der Waals surface area contributed by atoms with Gasteiger partial charge in [0, 0.05) is 38.7 Å². The smallest absolute Gasteiger partial charge is 0.139 e. The van der Waals surface area contributed by atoms with Gasteiger partial charge in [-0.1, -0.05) is 0 Å². The van der Waals surface area contributed by atoms with Gasteiger partial charge >= 0.3 is 0 Å². The first-order chi connectivity index (χ1) is 8.40. The van der Waals surface area contributed by atoms with Crippen LogP contribution < -0.4 is 15.0 Å². The summed E-state index contributed by atoms with van der Waals surface area (Å²) >= 11 is 0. The van der Waals surface area contributed by atoms with Gasteiger partial charge in [0.1, 0.15) is 5.75 Å². The summed E-state index contributed by atoms with van der Waals surface area (Å²) in [6, 6.07) is 1.97. The van der Waals surface area contributed by atoms with E-state index in [1.54, 1.807) is 6.20 Å². The Morgan fingerprint density at radius 1 is 1.35 bits per heavy atom. The first-order valence-electron chi connectivity index (χ1n) is 5.99. The van der Waals surface area contributed by atoms with Gasteiger partial charge < -0.3 is 15.0 Å². The van der Waals surface area contributed by atoms with E-state index in [9.17, 15) is 4.39 Å². The first kappa shape index (κ1) is 12.1. The summed E-state index contributed by atoms with van der Waals surface area (Å²) in [4.78, 5) is 6.43. The van der Waals surface area contributed by atoms with E-state index in [4.69, 9.17) is 4.74 Å². The van der Waals surface area contributed by atoms with Crippen LogP contribution in [0.25, 0.3) is 0 Å². The summed E-state index contributed by atoms with van der Waals surface area (Å²) in [7, 11) is 0. The molecule has 0 bridgehead atoms. The van der Waals surface area contributed by atoms with Crippen LogP contribution in [0.2, 0.25) is 0 Å². The van der Waals surface area contributed by atoms with Crippen LogP contribution in [0.15, 0.2) is 18.5 Å². The molecule has 2 rings (SSSR count). The molecule has 4 nitrogen and oxygen atoms in total. The Balaban J connectivity index is 1.95. The lowest BCUT2D eigenvalue weighted by molar-refractivity contribution is 0.289. The number of hydrogen-bond donors (Lipinski definition) is 1. The van der Waals surface area contributed by atoms with Crippen molar-refractivity contribution in [2.24, 2.45) is 0 Å². The van der Waals surface area contributed by atoms with E-state index in [2.05, 4.69) is 15.2 Å². The summed E-state index contributed by atoms with van der Waals surface area (Å²) in [5.41, 5.74) is 1.07. The summed E-state index contributed by atoms with van der Waals surface area (Å²) in [5, 5.41) is 3.31. The monoisotopic (exact) mass is 239 g/mol. The molecule has 5 heteroatoms. The van der Waals surface area contributed by atoms with Crippen LogP contribution in [-0.2, 0) is 0 Å². The van der Waals surface area contributed by atoms with Gasteiger partial charge in [-0.15, -0.1) is 0 Å². The zero-order valence-corrected chi connectivity index (χ0v) is 9.86. The zero-order chi connectivity index (χ0) is 11.9. The number of rotatable bonds is 5. The lowest BCUT2D eigenvalue weighted by atomic mass is 10.3. The number of piperazine rings is 1. The molecule has 1 aliphatic rings. The standard InChI is InChI=1S/C12H18FN3O/c13-2-1-7-17-12-8-11(9-15-10-12)16-5-3-14-4-6-16/h8-10,14H,1-7H2. The minimum Gasteiger partial charge on any atom is -0.492 e. The number of nitrogens with one attached hydrogen (secondary N) is 1. The Kier molecular flexibility index (Phi) is 4.55. The number of pyridine rings is 1. The number of halogens is 1. The molecule has 2 heterocycles. The van der Waals surface area contributed by atoms with Crippen molar-refractivity contribution in [2.75, 3.05) is 44.4 Å². The Labute approximate surface area is 101 Å². The van der Waals surface area contributed by atoms with Crippen LogP contribution in [0.1, 0.15) is 6.42 Å². The van der Waals surface area contributed by atoms with E-state index in [0.717, 1.165) is 37.6 Å². The Morgan fingerprint density at radius 3 is 2.94 bits per heavy atom. The van der Waals surface area contributed by atoms with Crippen LogP contribution in [-0.4, -0.2) is 44.4 Å². The van der Waals surface area contributed by atoms with E-state index in [1.165, 1.54) is 0 Å². The van der Waals surface area contributed by atoms with Crippen molar-refractivity contribution < 1.29 is 9.13 Å². The van der Waals surface area contributed by atoms with Crippen molar-refractivity contribution in [3.05, 3.63) is 18.5 Å². The van der Waals surface area contributed by atoms with E-state index in [0.29, 0.717) is 13.0 Å². The third kappa shape index (κ3) is 3.56. The highest BCUT2D eigenvalue weighted by Gasteiger charge is 2.11. The van der Waals surface area contributed by atoms with E-state index in [1.807, 2.05) is 12.3 Å². The maximum atomic E-state index is 12.0. The molecule has 0 saturated carbocycles. The Morgan fingerprint density at radius 2 is 2.18 bits per heavy atom. The molecule has 0 aliphatic carbocycles. The van der Waals surface area contributed by atoms with Gasteiger partial charge in [0.25, 0.3) is 0 Å². The van der Waals surface area contributed by atoms with Crippen molar-refractivity contribution in [1.29, 1.82) is 0 Å². The fourth-order valence-electron chi connectivity index (χ4n) is 1.83. The molecule has 0 radical (unpaired) electrons. The van der Waals surface area contributed by atoms with Gasteiger partial charge in [-0.3, -0.25) is 9.37 Å². The molecule has 1 aromatic rings. The molecule has 17 heavy (non-hydrogen) atoms. The molecule has 1 saturated heterocycles. The second-order valence-electron chi connectivity index (χ2n) is 4.01. The van der Waals surface area contributed by atoms with Crippen molar-refractivity contribution >= 4 is 5.69 Å². The highest BCUT2D eigenvalue weighted by Crippen LogP contribution is 2.19. The van der Waals surface area contributed by atoms with Crippen molar-refractivity contribution in [3.8, 4) is 5.75 Å². The van der Waals surface area contributed by atoms with Gasteiger partial charge in [0.15, 0.2) is 0 Å². The lowest BCUT2D eigenvalue weighted by Gasteiger charge is -2.29. The number of nitrogens with zero attached hydrogens (tertiary/aromatic N) is 2. The molecule has 94 valence electrons. The highest BCUT2D eigenvalue weighted by atomic mass is 19.1. The Bertz CT molecular complexity index is 342. The summed E-state index contributed by atoms with van der Waals surface area (Å²) in [6.45, 7) is 4.01. The molecule has 0 aromatic carbocycles. The van der Waals surface area contributed by atoms with Gasteiger partial charge in [0.05, 0.1) is 31.4 Å². The molecule has 0 atom stereocenters. The van der Waals surface area contributed by atoms with E-state index in [-0.39, 0.29) is 6.67 Å². The largest absolute Gasteiger partial charge is 0.492 e. The maximum Gasteiger partial charge on any atom is 0.139 e. The van der Waals surface area contributed by atoms with Crippen LogP contribution in [0, 0.1) is 0 Å². The number of hydrogen-bond acceptors (Lipinski definition) is 4. The van der Waals surface area contributed by atoms with Gasteiger partial charge in [0.2, 0.25) is 0 Å². The fourth-order valence-corrected chi connectivity index (χ4v) is 1.83. The third-order valence-electron chi connectivity index (χ3n) is 2.73. The number of aromatic nitrogens is 1. The number of anilines is 1. The number of alkyl halides is 1. The maximum absolute atomic E-state index is 12.0. The quantitative estimate of drug-likeness (QED) is 0.784. The molecule has 1 aliphatic heterocycles. The predicted molar refractivity (Wildman–Crippen MR) is 65.4 cm³/mol. The second kappa shape index (κ2) is 6.39. The van der Waals surface area contributed by atoms with Crippen LogP contribution in [0.5, 0.6) is 5.75 Å². The summed E-state index contributed by atoms with van der Waals surface area (Å²) < 4.78 is 17.4. The van der Waals surface area contributed by atoms with Crippen LogP contribution in [0.3, 0.4) is 0 Å². The predicted octanol–water partition coefficient (Wildman–Crippen LogP) is 1.23. The van der Waals surface area contributed by atoms with Crippen molar-refractivity contribution in [1.82, 2.24) is 10.3 Å². The zero-order valence-electron chi connectivity index (χ0n) is 9.86. The van der Waals surface area contributed by atoms with Crippen molar-refractivity contribution in [3.63, 3.8) is 0 Å². The van der Waals surface area contributed by atoms with Crippen LogP contribution in [0.4, 0.5) is 10.1 Å². The minimum absolute atomic E-state index is 0.342. The molecule has 1 fully saturated rings. The normalized spacial score (nSPS) is 15.9. The van der Waals surface area contributed by atoms with E-state index < -0.39 is 0 Å². The number of ether oxygens (including phenoxy) is 1. The average Bonchev–Trinajstić information content (AvgIpc) is 2.41. The molecular formula is C12H18FN3O. The molecule has 0 amide bonds. The van der Waals surface area contributed by atoms with Crippen molar-refractivity contribution in [2.45, 2.75) is 6.42 Å². The SMILES string of the molecule is FCCCOc1cncc(N2CCNCC2)c1. The molecular weight excluding hydrogens is 221 g/mol. The average molecular weight is 239 g/mol. The second-order valence-corrected chi connectivity index (χ2v) is 4.01.